The summed E-state index contributed by atoms with van der Waals surface area (Å²) in [7, 11) is 0. The van der Waals surface area contributed by atoms with E-state index in [0.29, 0.717) is 19.1 Å². The summed E-state index contributed by atoms with van der Waals surface area (Å²) in [4.78, 5) is 11.7. The SMILES string of the molecule is CC(C)OCCCNC(=O)COc1cccc(C(C)C)c1. The monoisotopic (exact) mass is 293 g/mol. The number of hydrogen-bond acceptors (Lipinski definition) is 3. The summed E-state index contributed by atoms with van der Waals surface area (Å²) >= 11 is 0. The maximum atomic E-state index is 11.7. The lowest BCUT2D eigenvalue weighted by Gasteiger charge is -2.11. The molecule has 118 valence electrons. The van der Waals surface area contributed by atoms with Crippen LogP contribution in [0.15, 0.2) is 24.3 Å². The predicted molar refractivity (Wildman–Crippen MR) is 84.7 cm³/mol. The Labute approximate surface area is 127 Å². The van der Waals surface area contributed by atoms with E-state index < -0.39 is 0 Å². The predicted octanol–water partition coefficient (Wildman–Crippen LogP) is 3.12. The van der Waals surface area contributed by atoms with E-state index in [0.717, 1.165) is 12.2 Å². The van der Waals surface area contributed by atoms with Crippen LogP contribution in [0, 0.1) is 0 Å². The van der Waals surface area contributed by atoms with Crippen molar-refractivity contribution in [1.29, 1.82) is 0 Å². The molecule has 0 aliphatic rings. The molecule has 0 aliphatic heterocycles. The molecule has 1 N–H and O–H groups in total. The zero-order valence-corrected chi connectivity index (χ0v) is 13.5. The average Bonchev–Trinajstić information content (AvgIpc) is 2.44. The fraction of sp³-hybridized carbons (Fsp3) is 0.588. The highest BCUT2D eigenvalue weighted by Crippen LogP contribution is 2.19. The van der Waals surface area contributed by atoms with Gasteiger partial charge in [0, 0.05) is 13.2 Å². The number of carbonyl (C=O) groups excluding carboxylic acids is 1. The largest absolute Gasteiger partial charge is 0.484 e. The van der Waals surface area contributed by atoms with Gasteiger partial charge in [-0.1, -0.05) is 26.0 Å². The van der Waals surface area contributed by atoms with Gasteiger partial charge in [-0.3, -0.25) is 4.79 Å². The number of rotatable bonds is 9. The molecule has 0 unspecified atom stereocenters. The van der Waals surface area contributed by atoms with E-state index in [1.807, 2.05) is 32.0 Å². The van der Waals surface area contributed by atoms with Crippen LogP contribution in [-0.4, -0.2) is 31.8 Å². The molecule has 4 heteroatoms. The van der Waals surface area contributed by atoms with Crippen molar-refractivity contribution in [1.82, 2.24) is 5.32 Å². The molecule has 0 aliphatic carbocycles. The first-order chi connectivity index (χ1) is 9.99. The maximum Gasteiger partial charge on any atom is 0.257 e. The third-order valence-electron chi connectivity index (χ3n) is 2.99. The summed E-state index contributed by atoms with van der Waals surface area (Å²) in [6, 6.07) is 7.86. The van der Waals surface area contributed by atoms with Gasteiger partial charge in [0.1, 0.15) is 5.75 Å². The molecule has 0 saturated carbocycles. The third-order valence-corrected chi connectivity index (χ3v) is 2.99. The number of ether oxygens (including phenoxy) is 2. The maximum absolute atomic E-state index is 11.7. The number of hydrogen-bond donors (Lipinski definition) is 1. The van der Waals surface area contributed by atoms with Gasteiger partial charge in [0.15, 0.2) is 6.61 Å². The van der Waals surface area contributed by atoms with E-state index in [-0.39, 0.29) is 18.6 Å². The van der Waals surface area contributed by atoms with Gasteiger partial charge in [-0.25, -0.2) is 0 Å². The summed E-state index contributed by atoms with van der Waals surface area (Å²) < 4.78 is 10.9. The molecule has 0 aromatic heterocycles. The number of amides is 1. The van der Waals surface area contributed by atoms with Crippen molar-refractivity contribution < 1.29 is 14.3 Å². The Morgan fingerprint density at radius 2 is 2.00 bits per heavy atom. The number of benzene rings is 1. The molecule has 0 saturated heterocycles. The van der Waals surface area contributed by atoms with Gasteiger partial charge in [0.25, 0.3) is 5.91 Å². The smallest absolute Gasteiger partial charge is 0.257 e. The minimum atomic E-state index is -0.102. The van der Waals surface area contributed by atoms with E-state index in [4.69, 9.17) is 9.47 Å². The molecule has 1 aromatic rings. The Hall–Kier alpha value is -1.55. The van der Waals surface area contributed by atoms with Gasteiger partial charge in [-0.2, -0.15) is 0 Å². The van der Waals surface area contributed by atoms with Crippen molar-refractivity contribution in [3.63, 3.8) is 0 Å². The van der Waals surface area contributed by atoms with Crippen LogP contribution in [0.4, 0.5) is 0 Å². The zero-order valence-electron chi connectivity index (χ0n) is 13.5. The lowest BCUT2D eigenvalue weighted by molar-refractivity contribution is -0.123. The molecule has 0 radical (unpaired) electrons. The second-order valence-electron chi connectivity index (χ2n) is 5.64. The van der Waals surface area contributed by atoms with Crippen LogP contribution in [0.5, 0.6) is 5.75 Å². The topological polar surface area (TPSA) is 47.6 Å². The molecule has 0 fully saturated rings. The zero-order chi connectivity index (χ0) is 15.7. The van der Waals surface area contributed by atoms with E-state index in [2.05, 4.69) is 25.2 Å². The van der Waals surface area contributed by atoms with Crippen molar-refractivity contribution >= 4 is 5.91 Å². The summed E-state index contributed by atoms with van der Waals surface area (Å²) in [6.45, 7) is 9.58. The molecule has 1 aromatic carbocycles. The van der Waals surface area contributed by atoms with Gasteiger partial charge >= 0.3 is 0 Å². The van der Waals surface area contributed by atoms with Gasteiger partial charge < -0.3 is 14.8 Å². The van der Waals surface area contributed by atoms with Crippen LogP contribution >= 0.6 is 0 Å². The van der Waals surface area contributed by atoms with Crippen molar-refractivity contribution in [3.8, 4) is 5.75 Å². The highest BCUT2D eigenvalue weighted by atomic mass is 16.5. The summed E-state index contributed by atoms with van der Waals surface area (Å²) in [5.74, 6) is 1.08. The average molecular weight is 293 g/mol. The first kappa shape index (κ1) is 17.5. The van der Waals surface area contributed by atoms with Crippen LogP contribution in [0.2, 0.25) is 0 Å². The van der Waals surface area contributed by atoms with Gasteiger partial charge in [-0.15, -0.1) is 0 Å². The highest BCUT2D eigenvalue weighted by molar-refractivity contribution is 5.77. The van der Waals surface area contributed by atoms with Crippen LogP contribution < -0.4 is 10.1 Å². The van der Waals surface area contributed by atoms with Crippen molar-refractivity contribution in [2.24, 2.45) is 0 Å². The van der Waals surface area contributed by atoms with Crippen molar-refractivity contribution in [2.45, 2.75) is 46.1 Å². The minimum absolute atomic E-state index is 0.0482. The summed E-state index contributed by atoms with van der Waals surface area (Å²) in [5, 5.41) is 2.82. The van der Waals surface area contributed by atoms with E-state index >= 15 is 0 Å². The van der Waals surface area contributed by atoms with E-state index in [1.165, 1.54) is 5.56 Å². The first-order valence-corrected chi connectivity index (χ1v) is 7.60. The molecule has 0 bridgehead atoms. The van der Waals surface area contributed by atoms with Crippen LogP contribution in [0.1, 0.15) is 45.6 Å². The Morgan fingerprint density at radius 3 is 2.67 bits per heavy atom. The molecular formula is C17H27NO3. The van der Waals surface area contributed by atoms with Crippen LogP contribution in [0.25, 0.3) is 0 Å². The van der Waals surface area contributed by atoms with E-state index in [9.17, 15) is 4.79 Å². The molecule has 0 atom stereocenters. The fourth-order valence-corrected chi connectivity index (χ4v) is 1.78. The lowest BCUT2D eigenvalue weighted by atomic mass is 10.0. The van der Waals surface area contributed by atoms with Gasteiger partial charge in [0.05, 0.1) is 6.10 Å². The normalized spacial score (nSPS) is 11.0. The van der Waals surface area contributed by atoms with Crippen molar-refractivity contribution in [3.05, 3.63) is 29.8 Å². The minimum Gasteiger partial charge on any atom is -0.484 e. The molecule has 1 rings (SSSR count). The van der Waals surface area contributed by atoms with E-state index in [1.54, 1.807) is 0 Å². The molecular weight excluding hydrogens is 266 g/mol. The van der Waals surface area contributed by atoms with Gasteiger partial charge in [0.2, 0.25) is 0 Å². The molecule has 0 spiro atoms. The van der Waals surface area contributed by atoms with Gasteiger partial charge in [-0.05, 0) is 43.9 Å². The molecule has 0 heterocycles. The first-order valence-electron chi connectivity index (χ1n) is 7.60. The third kappa shape index (κ3) is 7.71. The Bertz CT molecular complexity index is 430. The lowest BCUT2D eigenvalue weighted by Crippen LogP contribution is -2.30. The molecule has 1 amide bonds. The fourth-order valence-electron chi connectivity index (χ4n) is 1.78. The molecule has 21 heavy (non-hydrogen) atoms. The summed E-state index contributed by atoms with van der Waals surface area (Å²) in [5.41, 5.74) is 1.21. The highest BCUT2D eigenvalue weighted by Gasteiger charge is 2.04. The van der Waals surface area contributed by atoms with Crippen LogP contribution in [-0.2, 0) is 9.53 Å². The number of nitrogens with one attached hydrogen (secondary N) is 1. The number of carbonyl (C=O) groups is 1. The Kier molecular flexibility index (Phi) is 7.83. The Morgan fingerprint density at radius 1 is 1.24 bits per heavy atom. The van der Waals surface area contributed by atoms with Crippen LogP contribution in [0.3, 0.4) is 0 Å². The quantitative estimate of drug-likeness (QED) is 0.712. The standard InChI is InChI=1S/C17H27NO3/c1-13(2)15-7-5-8-16(11-15)21-12-17(19)18-9-6-10-20-14(3)4/h5,7-8,11,13-14H,6,9-10,12H2,1-4H3,(H,18,19). The van der Waals surface area contributed by atoms with Crippen molar-refractivity contribution in [2.75, 3.05) is 19.8 Å². The Balaban J connectivity index is 2.22. The second-order valence-corrected chi connectivity index (χ2v) is 5.64. The summed E-state index contributed by atoms with van der Waals surface area (Å²) in [6.07, 6.45) is 1.05. The second kappa shape index (κ2) is 9.40. The molecule has 4 nitrogen and oxygen atoms in total.